The van der Waals surface area contributed by atoms with Gasteiger partial charge in [-0.25, -0.2) is 0 Å². The van der Waals surface area contributed by atoms with Crippen LogP contribution in [0.2, 0.25) is 5.02 Å². The third kappa shape index (κ3) is 8.26. The number of nitriles is 1. The summed E-state index contributed by atoms with van der Waals surface area (Å²) in [5.74, 6) is -1.04. The number of imide groups is 1. The van der Waals surface area contributed by atoms with Gasteiger partial charge < -0.3 is 24.9 Å². The van der Waals surface area contributed by atoms with E-state index in [1.54, 1.807) is 18.2 Å². The Morgan fingerprint density at radius 3 is 2.17 bits per heavy atom. The summed E-state index contributed by atoms with van der Waals surface area (Å²) in [6.45, 7) is 11.3. The smallest absolute Gasteiger partial charge is 0.253 e. The fourth-order valence-corrected chi connectivity index (χ4v) is 9.49. The highest BCUT2D eigenvalue weighted by molar-refractivity contribution is 6.32. The number of Topliss-reactive ketones (excluding diaryl/α,β-unsaturated/α-hetero) is 1. The van der Waals surface area contributed by atoms with Gasteiger partial charge in [-0.1, -0.05) is 11.6 Å². The number of hydrogen-bond acceptors (Lipinski definition) is 10. The van der Waals surface area contributed by atoms with Crippen molar-refractivity contribution in [3.05, 3.63) is 87.9 Å². The highest BCUT2D eigenvalue weighted by Gasteiger charge is 2.42. The van der Waals surface area contributed by atoms with Crippen LogP contribution in [0.25, 0.3) is 0 Å². The quantitative estimate of drug-likeness (QED) is 0.237. The van der Waals surface area contributed by atoms with Crippen LogP contribution in [0.3, 0.4) is 0 Å². The van der Waals surface area contributed by atoms with Crippen molar-refractivity contribution in [3.8, 4) is 6.07 Å². The lowest BCUT2D eigenvalue weighted by molar-refractivity contribution is -0.134. The van der Waals surface area contributed by atoms with Crippen LogP contribution in [-0.2, 0) is 9.59 Å². The van der Waals surface area contributed by atoms with Crippen molar-refractivity contribution in [2.75, 3.05) is 86.7 Å². The number of rotatable bonds is 9. The van der Waals surface area contributed by atoms with E-state index in [1.807, 2.05) is 35.2 Å². The third-order valence-corrected chi connectivity index (χ3v) is 13.2. The molecule has 302 valence electrons. The molecule has 5 aliphatic heterocycles. The van der Waals surface area contributed by atoms with Crippen LogP contribution in [0.5, 0.6) is 0 Å². The summed E-state index contributed by atoms with van der Waals surface area (Å²) < 4.78 is 0. The van der Waals surface area contributed by atoms with Crippen LogP contribution in [0.1, 0.15) is 75.7 Å². The van der Waals surface area contributed by atoms with E-state index in [1.165, 1.54) is 6.92 Å². The lowest BCUT2D eigenvalue weighted by atomic mass is 9.77. The lowest BCUT2D eigenvalue weighted by Crippen LogP contribution is -2.55. The number of piperidine rings is 2. The molecule has 13 nitrogen and oxygen atoms in total. The molecular formula is C44H49ClN8O5. The highest BCUT2D eigenvalue weighted by Crippen LogP contribution is 2.42. The predicted molar refractivity (Wildman–Crippen MR) is 221 cm³/mol. The predicted octanol–water partition coefficient (Wildman–Crippen LogP) is 4.34. The third-order valence-electron chi connectivity index (χ3n) is 12.8. The summed E-state index contributed by atoms with van der Waals surface area (Å²) in [6, 6.07) is 20.3. The maximum atomic E-state index is 13.5. The Kier molecular flexibility index (Phi) is 11.2. The molecule has 14 heteroatoms. The van der Waals surface area contributed by atoms with E-state index in [0.717, 1.165) is 114 Å². The molecule has 5 heterocycles. The first kappa shape index (κ1) is 39.4. The van der Waals surface area contributed by atoms with Gasteiger partial charge in [0.05, 0.1) is 16.1 Å². The van der Waals surface area contributed by atoms with Crippen LogP contribution in [0, 0.1) is 22.7 Å². The van der Waals surface area contributed by atoms with Gasteiger partial charge in [-0.15, -0.1) is 0 Å². The first-order valence-corrected chi connectivity index (χ1v) is 20.7. The number of carbonyl (C=O) groups excluding carboxylic acids is 5. The molecule has 4 amide bonds. The average Bonchev–Trinajstić information content (AvgIpc) is 3.63. The van der Waals surface area contributed by atoms with E-state index in [2.05, 4.69) is 48.4 Å². The molecule has 0 aliphatic carbocycles. The molecule has 1 unspecified atom stereocenters. The topological polar surface area (TPSA) is 149 Å². The van der Waals surface area contributed by atoms with Crippen LogP contribution in [-0.4, -0.2) is 117 Å². The molecule has 0 radical (unpaired) electrons. The first-order chi connectivity index (χ1) is 28.0. The number of carbonyl (C=O) groups is 5. The van der Waals surface area contributed by atoms with Crippen molar-refractivity contribution in [1.82, 2.24) is 20.4 Å². The Bertz CT molecular complexity index is 2150. The van der Waals surface area contributed by atoms with Crippen molar-refractivity contribution in [3.63, 3.8) is 0 Å². The van der Waals surface area contributed by atoms with Gasteiger partial charge in [-0.3, -0.25) is 34.2 Å². The Labute approximate surface area is 343 Å². The number of piperazine rings is 1. The molecule has 1 atom stereocenters. The van der Waals surface area contributed by atoms with Crippen molar-refractivity contribution in [2.45, 2.75) is 45.1 Å². The van der Waals surface area contributed by atoms with E-state index in [-0.39, 0.29) is 41.4 Å². The van der Waals surface area contributed by atoms with Gasteiger partial charge >= 0.3 is 0 Å². The Balaban J connectivity index is 0.769. The normalized spacial score (nSPS) is 21.1. The molecule has 1 spiro atoms. The van der Waals surface area contributed by atoms with Crippen molar-refractivity contribution >= 4 is 58.1 Å². The minimum Gasteiger partial charge on any atom is -0.371 e. The fourth-order valence-electron chi connectivity index (χ4n) is 9.27. The van der Waals surface area contributed by atoms with Crippen LogP contribution < -0.4 is 25.3 Å². The Morgan fingerprint density at radius 2 is 1.50 bits per heavy atom. The molecule has 0 saturated carbocycles. The van der Waals surface area contributed by atoms with E-state index in [9.17, 15) is 29.2 Å². The van der Waals surface area contributed by atoms with Gasteiger partial charge in [0.25, 0.3) is 11.8 Å². The van der Waals surface area contributed by atoms with E-state index in [4.69, 9.17) is 11.6 Å². The minimum atomic E-state index is -0.812. The number of ketones is 1. The number of nitrogens with one attached hydrogen (secondary N) is 2. The zero-order chi connectivity index (χ0) is 40.6. The second-order valence-electron chi connectivity index (χ2n) is 16.6. The zero-order valence-corrected chi connectivity index (χ0v) is 33.6. The van der Waals surface area contributed by atoms with Gasteiger partial charge in [0.15, 0.2) is 5.78 Å². The molecule has 5 aliphatic rings. The Morgan fingerprint density at radius 1 is 0.828 bits per heavy atom. The minimum absolute atomic E-state index is 0.0956. The summed E-state index contributed by atoms with van der Waals surface area (Å²) in [7, 11) is 0. The highest BCUT2D eigenvalue weighted by atomic mass is 35.5. The number of benzene rings is 3. The number of likely N-dealkylation sites (tertiary alicyclic amines) is 1. The molecule has 3 aromatic carbocycles. The molecule has 2 N–H and O–H groups in total. The summed E-state index contributed by atoms with van der Waals surface area (Å²) in [4.78, 5) is 74.2. The van der Waals surface area contributed by atoms with Crippen molar-refractivity contribution in [1.29, 1.82) is 5.26 Å². The van der Waals surface area contributed by atoms with E-state index < -0.39 is 17.9 Å². The van der Waals surface area contributed by atoms with E-state index >= 15 is 0 Å². The van der Waals surface area contributed by atoms with Crippen LogP contribution in [0.15, 0.2) is 60.7 Å². The van der Waals surface area contributed by atoms with Crippen molar-refractivity contribution in [2.24, 2.45) is 11.3 Å². The number of anilines is 3. The SMILES string of the molecule is CC(=O)c1cc(N2CC(CN3CCN(c4ccc(C(=O)N5CCC6(CC5)CCN(c5ccc(C#N)c(Cl)c5)C6)cc4)CC3)C2)ccc1C(=O)NC1CCC(=O)NC1=O. The van der Waals surface area contributed by atoms with E-state index in [0.29, 0.717) is 22.1 Å². The van der Waals surface area contributed by atoms with Crippen LogP contribution in [0.4, 0.5) is 17.1 Å². The molecule has 0 bridgehead atoms. The van der Waals surface area contributed by atoms with Crippen molar-refractivity contribution < 1.29 is 24.0 Å². The number of nitrogens with zero attached hydrogens (tertiary/aromatic N) is 6. The molecule has 8 rings (SSSR count). The van der Waals surface area contributed by atoms with Gasteiger partial charge in [-0.2, -0.15) is 5.26 Å². The van der Waals surface area contributed by atoms with Gasteiger partial charge in [0.1, 0.15) is 12.1 Å². The number of amides is 4. The summed E-state index contributed by atoms with van der Waals surface area (Å²) in [6.07, 6.45) is 3.42. The van der Waals surface area contributed by atoms with Gasteiger partial charge in [0.2, 0.25) is 11.8 Å². The fraction of sp³-hybridized carbons (Fsp3) is 0.455. The first-order valence-electron chi connectivity index (χ1n) is 20.3. The molecule has 3 aromatic rings. The molecule has 5 fully saturated rings. The standard InChI is InChI=1S/C44H49ClN8O5/c1-29(54)37-22-34(8-9-36(37)41(56)47-39-10-11-40(55)48-42(39)57)53-26-30(27-53)25-49-18-20-50(21-19-49)33-5-2-31(3-6-33)43(58)51-15-12-44(13-16-51)14-17-52(28-44)35-7-4-32(24-46)38(45)23-35/h2-9,22-23,30,39H,10-21,25-28H2,1H3,(H,47,56)(H,48,55,57). The number of hydrogen-bond donors (Lipinski definition) is 2. The molecular weight excluding hydrogens is 756 g/mol. The second kappa shape index (κ2) is 16.4. The Hall–Kier alpha value is -5.45. The summed E-state index contributed by atoms with van der Waals surface area (Å²) in [5.41, 5.74) is 5.02. The monoisotopic (exact) mass is 804 g/mol. The molecule has 5 saturated heterocycles. The lowest BCUT2D eigenvalue weighted by Gasteiger charge is -2.45. The van der Waals surface area contributed by atoms with Gasteiger partial charge in [0, 0.05) is 113 Å². The number of halogens is 1. The average molecular weight is 805 g/mol. The maximum absolute atomic E-state index is 13.5. The molecule has 0 aromatic heterocycles. The second-order valence-corrected chi connectivity index (χ2v) is 17.0. The summed E-state index contributed by atoms with van der Waals surface area (Å²) in [5, 5.41) is 14.6. The zero-order valence-electron chi connectivity index (χ0n) is 32.8. The summed E-state index contributed by atoms with van der Waals surface area (Å²) >= 11 is 6.32. The molecule has 58 heavy (non-hydrogen) atoms. The largest absolute Gasteiger partial charge is 0.371 e. The van der Waals surface area contributed by atoms with Crippen LogP contribution >= 0.6 is 11.6 Å². The maximum Gasteiger partial charge on any atom is 0.253 e. The van der Waals surface area contributed by atoms with Gasteiger partial charge in [-0.05, 0) is 98.7 Å².